The lowest BCUT2D eigenvalue weighted by Crippen LogP contribution is -2.34. The Morgan fingerprint density at radius 1 is 1.07 bits per heavy atom. The predicted molar refractivity (Wildman–Crippen MR) is 112 cm³/mol. The Bertz CT molecular complexity index is 810. The third kappa shape index (κ3) is 6.44. The third-order valence-electron chi connectivity index (χ3n) is 5.03. The summed E-state index contributed by atoms with van der Waals surface area (Å²) >= 11 is 0. The van der Waals surface area contributed by atoms with Crippen LogP contribution in [0.4, 0.5) is 0 Å². The standard InChI is InChI=1S/C23H27N3O2/c27-23(25-28)12-11-22-9-4-8-21(24-22)10-5-15-26-16-13-20(14-17-26)18-19-6-2-1-3-7-19/h1-12,20,28H,13-18H2,(H,25,27)/b10-5+,12-11+. The number of amides is 1. The average molecular weight is 377 g/mol. The fourth-order valence-electron chi connectivity index (χ4n) is 3.50. The Kier molecular flexibility index (Phi) is 7.53. The van der Waals surface area contributed by atoms with Crippen LogP contribution in [-0.2, 0) is 11.2 Å². The van der Waals surface area contributed by atoms with Gasteiger partial charge in [0, 0.05) is 12.6 Å². The minimum absolute atomic E-state index is 0.571. The van der Waals surface area contributed by atoms with Crippen molar-refractivity contribution in [1.82, 2.24) is 15.4 Å². The first-order chi connectivity index (χ1) is 13.7. The molecule has 5 heteroatoms. The molecule has 1 aliphatic rings. The molecule has 0 saturated carbocycles. The zero-order chi connectivity index (χ0) is 19.6. The van der Waals surface area contributed by atoms with Crippen molar-refractivity contribution in [3.63, 3.8) is 0 Å². The van der Waals surface area contributed by atoms with Gasteiger partial charge in [-0.25, -0.2) is 10.5 Å². The van der Waals surface area contributed by atoms with Crippen LogP contribution in [0.5, 0.6) is 0 Å². The highest BCUT2D eigenvalue weighted by molar-refractivity contribution is 5.90. The van der Waals surface area contributed by atoms with E-state index in [9.17, 15) is 4.79 Å². The molecule has 5 nitrogen and oxygen atoms in total. The van der Waals surface area contributed by atoms with E-state index in [1.165, 1.54) is 30.9 Å². The SMILES string of the molecule is O=C(/C=C/c1cccc(/C=C/CN2CCC(Cc3ccccc3)CC2)n1)NO. The van der Waals surface area contributed by atoms with Crippen molar-refractivity contribution in [3.8, 4) is 0 Å². The fraction of sp³-hybridized carbons (Fsp3) is 0.304. The molecule has 28 heavy (non-hydrogen) atoms. The summed E-state index contributed by atoms with van der Waals surface area (Å²) < 4.78 is 0. The van der Waals surface area contributed by atoms with Crippen LogP contribution in [0.15, 0.2) is 60.7 Å². The predicted octanol–water partition coefficient (Wildman–Crippen LogP) is 3.57. The van der Waals surface area contributed by atoms with Crippen molar-refractivity contribution in [2.45, 2.75) is 19.3 Å². The lowest BCUT2D eigenvalue weighted by Gasteiger charge is -2.31. The highest BCUT2D eigenvalue weighted by atomic mass is 16.5. The van der Waals surface area contributed by atoms with Gasteiger partial charge in [0.25, 0.3) is 5.91 Å². The van der Waals surface area contributed by atoms with Crippen LogP contribution in [0, 0.1) is 5.92 Å². The number of likely N-dealkylation sites (tertiary alicyclic amines) is 1. The molecule has 1 aromatic heterocycles. The molecule has 0 unspecified atom stereocenters. The molecule has 0 atom stereocenters. The molecule has 1 aliphatic heterocycles. The maximum absolute atomic E-state index is 11.0. The van der Waals surface area contributed by atoms with Gasteiger partial charge >= 0.3 is 0 Å². The second-order valence-electron chi connectivity index (χ2n) is 7.13. The molecule has 0 bridgehead atoms. The van der Waals surface area contributed by atoms with Gasteiger partial charge in [-0.2, -0.15) is 0 Å². The second kappa shape index (κ2) is 10.5. The van der Waals surface area contributed by atoms with E-state index in [0.29, 0.717) is 5.69 Å². The quantitative estimate of drug-likeness (QED) is 0.440. The van der Waals surface area contributed by atoms with Gasteiger partial charge < -0.3 is 0 Å². The highest BCUT2D eigenvalue weighted by Crippen LogP contribution is 2.21. The minimum Gasteiger partial charge on any atom is -0.300 e. The third-order valence-corrected chi connectivity index (χ3v) is 5.03. The monoisotopic (exact) mass is 377 g/mol. The van der Waals surface area contributed by atoms with E-state index in [1.807, 2.05) is 24.3 Å². The van der Waals surface area contributed by atoms with Gasteiger partial charge in [0.1, 0.15) is 0 Å². The molecule has 1 aromatic carbocycles. The van der Waals surface area contributed by atoms with Gasteiger partial charge in [0.05, 0.1) is 11.4 Å². The molecule has 2 aromatic rings. The number of pyridine rings is 1. The number of nitrogens with one attached hydrogen (secondary N) is 1. The van der Waals surface area contributed by atoms with Crippen molar-refractivity contribution in [3.05, 3.63) is 77.6 Å². The Hall–Kier alpha value is -2.76. The van der Waals surface area contributed by atoms with Gasteiger partial charge in [-0.05, 0) is 68.1 Å². The summed E-state index contributed by atoms with van der Waals surface area (Å²) in [5.74, 6) is 0.210. The summed E-state index contributed by atoms with van der Waals surface area (Å²) in [6, 6.07) is 16.4. The summed E-state index contributed by atoms with van der Waals surface area (Å²) in [7, 11) is 0. The van der Waals surface area contributed by atoms with Gasteiger partial charge in [-0.15, -0.1) is 0 Å². The Labute approximate surface area is 166 Å². The van der Waals surface area contributed by atoms with Crippen molar-refractivity contribution in [2.24, 2.45) is 5.92 Å². The van der Waals surface area contributed by atoms with E-state index >= 15 is 0 Å². The van der Waals surface area contributed by atoms with Gasteiger partial charge in [0.15, 0.2) is 0 Å². The number of hydrogen-bond acceptors (Lipinski definition) is 4. The van der Waals surface area contributed by atoms with Gasteiger partial charge in [0.2, 0.25) is 0 Å². The lowest BCUT2D eigenvalue weighted by atomic mass is 9.90. The number of carbonyl (C=O) groups excluding carboxylic acids is 1. The Morgan fingerprint density at radius 2 is 1.79 bits per heavy atom. The maximum atomic E-state index is 11.0. The van der Waals surface area contributed by atoms with Crippen LogP contribution in [0.3, 0.4) is 0 Å². The first kappa shape index (κ1) is 20.0. The summed E-state index contributed by atoms with van der Waals surface area (Å²) in [4.78, 5) is 18.0. The number of aromatic nitrogens is 1. The summed E-state index contributed by atoms with van der Waals surface area (Å²) in [6.45, 7) is 3.19. The fourth-order valence-corrected chi connectivity index (χ4v) is 3.50. The van der Waals surface area contributed by atoms with Crippen LogP contribution in [0.25, 0.3) is 12.2 Å². The first-order valence-corrected chi connectivity index (χ1v) is 9.75. The number of hydroxylamine groups is 1. The molecular weight excluding hydrogens is 350 g/mol. The minimum atomic E-state index is -0.571. The molecule has 146 valence electrons. The van der Waals surface area contributed by atoms with Crippen LogP contribution in [-0.4, -0.2) is 40.6 Å². The molecule has 1 fully saturated rings. The van der Waals surface area contributed by atoms with Crippen LogP contribution < -0.4 is 5.48 Å². The number of piperidine rings is 1. The van der Waals surface area contributed by atoms with Gasteiger partial charge in [-0.1, -0.05) is 42.5 Å². The topological polar surface area (TPSA) is 65.5 Å². The average Bonchev–Trinajstić information content (AvgIpc) is 2.74. The van der Waals surface area contributed by atoms with E-state index in [2.05, 4.69) is 46.3 Å². The van der Waals surface area contributed by atoms with E-state index in [4.69, 9.17) is 5.21 Å². The zero-order valence-electron chi connectivity index (χ0n) is 16.0. The lowest BCUT2D eigenvalue weighted by molar-refractivity contribution is -0.124. The Morgan fingerprint density at radius 3 is 2.50 bits per heavy atom. The first-order valence-electron chi connectivity index (χ1n) is 9.75. The van der Waals surface area contributed by atoms with Crippen molar-refractivity contribution in [2.75, 3.05) is 19.6 Å². The van der Waals surface area contributed by atoms with Crippen molar-refractivity contribution >= 4 is 18.1 Å². The number of nitrogens with zero attached hydrogens (tertiary/aromatic N) is 2. The molecule has 2 heterocycles. The van der Waals surface area contributed by atoms with E-state index in [-0.39, 0.29) is 0 Å². The summed E-state index contributed by atoms with van der Waals surface area (Å²) in [5, 5.41) is 8.51. The largest absolute Gasteiger partial charge is 0.300 e. The molecule has 0 radical (unpaired) electrons. The molecule has 3 rings (SSSR count). The van der Waals surface area contributed by atoms with Crippen LogP contribution in [0.1, 0.15) is 29.8 Å². The molecular formula is C23H27N3O2. The smallest absolute Gasteiger partial charge is 0.267 e. The molecule has 2 N–H and O–H groups in total. The normalized spacial score (nSPS) is 16.0. The Balaban J connectivity index is 1.44. The second-order valence-corrected chi connectivity index (χ2v) is 7.13. The van der Waals surface area contributed by atoms with Crippen molar-refractivity contribution in [1.29, 1.82) is 0 Å². The van der Waals surface area contributed by atoms with E-state index in [0.717, 1.165) is 31.2 Å². The number of rotatable bonds is 7. The molecule has 1 amide bonds. The summed E-state index contributed by atoms with van der Waals surface area (Å²) in [5.41, 5.74) is 4.53. The van der Waals surface area contributed by atoms with Crippen LogP contribution in [0.2, 0.25) is 0 Å². The van der Waals surface area contributed by atoms with E-state index in [1.54, 1.807) is 11.6 Å². The van der Waals surface area contributed by atoms with Gasteiger partial charge in [-0.3, -0.25) is 14.9 Å². The molecule has 1 saturated heterocycles. The van der Waals surface area contributed by atoms with Crippen LogP contribution >= 0.6 is 0 Å². The number of benzene rings is 1. The molecule has 0 spiro atoms. The van der Waals surface area contributed by atoms with Crippen molar-refractivity contribution < 1.29 is 10.0 Å². The zero-order valence-corrected chi connectivity index (χ0v) is 16.0. The summed E-state index contributed by atoms with van der Waals surface area (Å²) in [6.07, 6.45) is 10.6. The number of hydrogen-bond donors (Lipinski definition) is 2. The maximum Gasteiger partial charge on any atom is 0.267 e. The molecule has 0 aliphatic carbocycles. The number of carbonyl (C=O) groups is 1. The van der Waals surface area contributed by atoms with E-state index < -0.39 is 5.91 Å². The highest BCUT2D eigenvalue weighted by Gasteiger charge is 2.18.